The molecule has 0 heterocycles. The van der Waals surface area contributed by atoms with Crippen LogP contribution >= 0.6 is 11.6 Å². The zero-order chi connectivity index (χ0) is 28.4. The monoisotopic (exact) mass is 570 g/mol. The minimum absolute atomic E-state index is 0.0705. The van der Waals surface area contributed by atoms with Crippen molar-refractivity contribution in [1.29, 1.82) is 0 Å². The maximum absolute atomic E-state index is 14.1. The Bertz CT molecular complexity index is 1340. The predicted octanol–water partition coefficient (Wildman–Crippen LogP) is 4.12. The fourth-order valence-electron chi connectivity index (χ4n) is 4.06. The highest BCUT2D eigenvalue weighted by Crippen LogP contribution is 2.22. The number of amides is 2. The number of nitrogens with zero attached hydrogens (tertiary/aromatic N) is 3. The molecule has 1 atom stereocenters. The Morgan fingerprint density at radius 2 is 1.51 bits per heavy atom. The summed E-state index contributed by atoms with van der Waals surface area (Å²) in [6.07, 6.45) is 0.989. The minimum atomic E-state index is -4.02. The van der Waals surface area contributed by atoms with Crippen molar-refractivity contribution in [3.63, 3.8) is 0 Å². The second kappa shape index (κ2) is 14.1. The lowest BCUT2D eigenvalue weighted by Gasteiger charge is -2.34. The average molecular weight is 571 g/mol. The van der Waals surface area contributed by atoms with Gasteiger partial charge in [0.1, 0.15) is 12.6 Å². The van der Waals surface area contributed by atoms with Crippen molar-refractivity contribution >= 4 is 39.3 Å². The van der Waals surface area contributed by atoms with E-state index >= 15 is 0 Å². The molecule has 0 radical (unpaired) electrons. The first-order chi connectivity index (χ1) is 18.6. The third-order valence-corrected chi connectivity index (χ3v) is 8.18. The van der Waals surface area contributed by atoms with Gasteiger partial charge in [-0.25, -0.2) is 4.31 Å². The molecule has 0 aliphatic rings. The van der Waals surface area contributed by atoms with Gasteiger partial charge in [-0.1, -0.05) is 79.2 Å². The van der Waals surface area contributed by atoms with E-state index in [0.29, 0.717) is 17.3 Å². The topological polar surface area (TPSA) is 90.0 Å². The van der Waals surface area contributed by atoms with E-state index in [1.54, 1.807) is 48.5 Å². The predicted molar refractivity (Wildman–Crippen MR) is 156 cm³/mol. The molecule has 0 aromatic heterocycles. The van der Waals surface area contributed by atoms with Crippen molar-refractivity contribution in [1.82, 2.24) is 14.5 Å². The van der Waals surface area contributed by atoms with Crippen molar-refractivity contribution < 1.29 is 18.0 Å². The Balaban J connectivity index is 2.06. The maximum Gasteiger partial charge on any atom is 0.304 e. The Hall–Kier alpha value is -3.40. The number of anilines is 1. The number of hydrogen-bond acceptors (Lipinski definition) is 4. The van der Waals surface area contributed by atoms with Gasteiger partial charge in [0.2, 0.25) is 11.8 Å². The highest BCUT2D eigenvalue weighted by atomic mass is 35.5. The summed E-state index contributed by atoms with van der Waals surface area (Å²) in [6.45, 7) is 1.98. The molecule has 10 heteroatoms. The van der Waals surface area contributed by atoms with Gasteiger partial charge in [-0.3, -0.25) is 9.59 Å². The first-order valence-corrected chi connectivity index (χ1v) is 14.5. The molecule has 8 nitrogen and oxygen atoms in total. The summed E-state index contributed by atoms with van der Waals surface area (Å²) in [5, 5.41) is 3.42. The van der Waals surface area contributed by atoms with Crippen molar-refractivity contribution in [3.05, 3.63) is 101 Å². The molecule has 3 rings (SSSR count). The summed E-state index contributed by atoms with van der Waals surface area (Å²) in [7, 11) is -1.20. The minimum Gasteiger partial charge on any atom is -0.354 e. The normalized spacial score (nSPS) is 12.1. The van der Waals surface area contributed by atoms with Crippen LogP contribution in [0, 0.1) is 0 Å². The van der Waals surface area contributed by atoms with Crippen molar-refractivity contribution in [3.8, 4) is 0 Å². The van der Waals surface area contributed by atoms with Gasteiger partial charge in [0.05, 0.1) is 5.69 Å². The fourth-order valence-corrected chi connectivity index (χ4v) is 5.33. The van der Waals surface area contributed by atoms with Gasteiger partial charge in [-0.2, -0.15) is 12.7 Å². The molecule has 0 bridgehead atoms. The van der Waals surface area contributed by atoms with Crippen molar-refractivity contribution in [2.45, 2.75) is 32.4 Å². The Kier molecular flexibility index (Phi) is 10.9. The number of halogens is 1. The highest BCUT2D eigenvalue weighted by molar-refractivity contribution is 7.90. The lowest BCUT2D eigenvalue weighted by molar-refractivity contribution is -0.140. The van der Waals surface area contributed by atoms with Gasteiger partial charge in [0, 0.05) is 38.6 Å². The van der Waals surface area contributed by atoms with Crippen LogP contribution in [0.1, 0.15) is 24.5 Å². The summed E-state index contributed by atoms with van der Waals surface area (Å²) >= 11 is 6.23. The van der Waals surface area contributed by atoms with Gasteiger partial charge >= 0.3 is 10.2 Å². The molecule has 3 aromatic carbocycles. The average Bonchev–Trinajstić information content (AvgIpc) is 2.93. The van der Waals surface area contributed by atoms with E-state index in [0.717, 1.165) is 26.2 Å². The second-order valence-electron chi connectivity index (χ2n) is 9.28. The molecule has 39 heavy (non-hydrogen) atoms. The van der Waals surface area contributed by atoms with Gasteiger partial charge in [-0.05, 0) is 41.8 Å². The number of para-hydroxylation sites is 1. The van der Waals surface area contributed by atoms with Crippen LogP contribution in [0.2, 0.25) is 5.02 Å². The van der Waals surface area contributed by atoms with Crippen molar-refractivity contribution in [2.75, 3.05) is 31.5 Å². The van der Waals surface area contributed by atoms with E-state index in [-0.39, 0.29) is 18.9 Å². The largest absolute Gasteiger partial charge is 0.354 e. The molecule has 208 valence electrons. The quantitative estimate of drug-likeness (QED) is 0.335. The molecule has 2 amide bonds. The summed E-state index contributed by atoms with van der Waals surface area (Å²) in [4.78, 5) is 29.0. The molecule has 0 saturated carbocycles. The number of nitrogens with one attached hydrogen (secondary N) is 1. The Labute approximate surface area is 236 Å². The number of hydrogen-bond donors (Lipinski definition) is 1. The molecular weight excluding hydrogens is 536 g/mol. The fraction of sp³-hybridized carbons (Fsp3) is 0.310. The molecule has 0 aliphatic carbocycles. The van der Waals surface area contributed by atoms with Gasteiger partial charge < -0.3 is 10.2 Å². The van der Waals surface area contributed by atoms with Gasteiger partial charge in [0.15, 0.2) is 0 Å². The van der Waals surface area contributed by atoms with E-state index in [1.165, 1.54) is 19.0 Å². The van der Waals surface area contributed by atoms with E-state index < -0.39 is 28.7 Å². The lowest BCUT2D eigenvalue weighted by atomic mass is 10.0. The SMILES string of the molecule is CCCNC(=O)[C@H](Cc1ccccc1)N(Cc1cccc(Cl)c1)C(=O)CN(c1ccccc1)S(=O)(=O)N(C)C. The van der Waals surface area contributed by atoms with E-state index in [1.807, 2.05) is 43.3 Å². The van der Waals surface area contributed by atoms with Crippen LogP contribution in [0.5, 0.6) is 0 Å². The molecule has 3 aromatic rings. The number of carbonyl (C=O) groups is 2. The Morgan fingerprint density at radius 1 is 0.897 bits per heavy atom. The summed E-state index contributed by atoms with van der Waals surface area (Å²) in [6, 6.07) is 24.0. The van der Waals surface area contributed by atoms with Gasteiger partial charge in [-0.15, -0.1) is 0 Å². The molecular formula is C29H35ClN4O4S. The molecule has 0 unspecified atom stereocenters. The molecule has 0 aliphatic heterocycles. The smallest absolute Gasteiger partial charge is 0.304 e. The van der Waals surface area contributed by atoms with E-state index in [4.69, 9.17) is 11.6 Å². The molecule has 0 saturated heterocycles. The van der Waals surface area contributed by atoms with Crippen LogP contribution in [0.25, 0.3) is 0 Å². The summed E-state index contributed by atoms with van der Waals surface area (Å²) in [5.74, 6) is -0.824. The number of rotatable bonds is 13. The summed E-state index contributed by atoms with van der Waals surface area (Å²) < 4.78 is 28.7. The zero-order valence-electron chi connectivity index (χ0n) is 22.5. The third-order valence-electron chi connectivity index (χ3n) is 6.13. The van der Waals surface area contributed by atoms with E-state index in [2.05, 4.69) is 5.32 Å². The van der Waals surface area contributed by atoms with Crippen LogP contribution in [0.3, 0.4) is 0 Å². The third kappa shape index (κ3) is 8.29. The maximum atomic E-state index is 14.1. The first-order valence-electron chi connectivity index (χ1n) is 12.7. The van der Waals surface area contributed by atoms with Crippen LogP contribution in [0.15, 0.2) is 84.9 Å². The van der Waals surface area contributed by atoms with Crippen LogP contribution in [0.4, 0.5) is 5.69 Å². The molecule has 0 fully saturated rings. The van der Waals surface area contributed by atoms with E-state index in [9.17, 15) is 18.0 Å². The van der Waals surface area contributed by atoms with Crippen LogP contribution < -0.4 is 9.62 Å². The second-order valence-corrected chi connectivity index (χ2v) is 11.8. The molecule has 1 N–H and O–H groups in total. The zero-order valence-corrected chi connectivity index (χ0v) is 24.0. The Morgan fingerprint density at radius 3 is 2.10 bits per heavy atom. The molecule has 0 spiro atoms. The van der Waals surface area contributed by atoms with Crippen LogP contribution in [-0.4, -0.2) is 62.7 Å². The lowest BCUT2D eigenvalue weighted by Crippen LogP contribution is -2.54. The van der Waals surface area contributed by atoms with Crippen molar-refractivity contribution in [2.24, 2.45) is 0 Å². The standard InChI is InChI=1S/C29H35ClN4O4S/c1-4-18-31-29(36)27(20-23-12-7-5-8-13-23)33(21-24-14-11-15-25(30)19-24)28(35)22-34(39(37,38)32(2)3)26-16-9-6-10-17-26/h5-17,19,27H,4,18,20-22H2,1-3H3,(H,31,36)/t27-/m0/s1. The highest BCUT2D eigenvalue weighted by Gasteiger charge is 2.34. The number of carbonyl (C=O) groups excluding carboxylic acids is 2. The number of benzene rings is 3. The van der Waals surface area contributed by atoms with Gasteiger partial charge in [0.25, 0.3) is 0 Å². The van der Waals surface area contributed by atoms with Crippen LogP contribution in [-0.2, 0) is 32.8 Å². The first kappa shape index (κ1) is 30.1. The summed E-state index contributed by atoms with van der Waals surface area (Å²) in [5.41, 5.74) is 1.94.